The van der Waals surface area contributed by atoms with Crippen molar-refractivity contribution < 1.29 is 9.90 Å². The van der Waals surface area contributed by atoms with E-state index < -0.39 is 0 Å². The number of hydrogen-bond donors (Lipinski definition) is 1. The molecule has 0 radical (unpaired) electrons. The molecule has 0 aromatic carbocycles. The van der Waals surface area contributed by atoms with E-state index in [4.69, 9.17) is 5.11 Å². The molecule has 0 spiro atoms. The second kappa shape index (κ2) is 6.69. The first-order chi connectivity index (χ1) is 7.65. The molecule has 3 nitrogen and oxygen atoms in total. The van der Waals surface area contributed by atoms with Gasteiger partial charge in [0.2, 0.25) is 5.91 Å². The third kappa shape index (κ3) is 3.97. The van der Waals surface area contributed by atoms with Crippen LogP contribution in [0.1, 0.15) is 46.0 Å². The van der Waals surface area contributed by atoms with Crippen molar-refractivity contribution in [2.75, 3.05) is 13.2 Å². The lowest BCUT2D eigenvalue weighted by Crippen LogP contribution is -2.39. The molecule has 1 amide bonds. The van der Waals surface area contributed by atoms with Gasteiger partial charge in [-0.05, 0) is 39.5 Å². The van der Waals surface area contributed by atoms with Gasteiger partial charge in [-0.25, -0.2) is 0 Å². The molecular weight excluding hydrogens is 202 g/mol. The summed E-state index contributed by atoms with van der Waals surface area (Å²) in [4.78, 5) is 13.8. The molecule has 3 heteroatoms. The van der Waals surface area contributed by atoms with Gasteiger partial charge >= 0.3 is 0 Å². The maximum Gasteiger partial charge on any atom is 0.226 e. The van der Waals surface area contributed by atoms with Crippen LogP contribution in [-0.2, 0) is 4.79 Å². The maximum atomic E-state index is 12.0. The van der Waals surface area contributed by atoms with Gasteiger partial charge in [-0.3, -0.25) is 4.79 Å². The summed E-state index contributed by atoms with van der Waals surface area (Å²) in [5.74, 6) is 0.150. The molecule has 0 aromatic rings. The molecule has 1 N–H and O–H groups in total. The maximum absolute atomic E-state index is 12.0. The first-order valence-electron chi connectivity index (χ1n) is 6.23. The third-order valence-electron chi connectivity index (χ3n) is 3.05. The Labute approximate surface area is 98.1 Å². The van der Waals surface area contributed by atoms with Crippen LogP contribution in [0.5, 0.6) is 0 Å². The number of allylic oxidation sites excluding steroid dienone is 1. The Bertz CT molecular complexity index is 259. The van der Waals surface area contributed by atoms with Crippen LogP contribution in [0, 0.1) is 0 Å². The average molecular weight is 225 g/mol. The lowest BCUT2D eigenvalue weighted by molar-refractivity contribution is -0.132. The van der Waals surface area contributed by atoms with E-state index in [0.717, 1.165) is 12.8 Å². The summed E-state index contributed by atoms with van der Waals surface area (Å²) < 4.78 is 0. The topological polar surface area (TPSA) is 40.5 Å². The summed E-state index contributed by atoms with van der Waals surface area (Å²) in [6.07, 6.45) is 7.39. The van der Waals surface area contributed by atoms with Gasteiger partial charge in [0.25, 0.3) is 0 Å². The van der Waals surface area contributed by atoms with Crippen LogP contribution in [0.4, 0.5) is 0 Å². The van der Waals surface area contributed by atoms with Crippen molar-refractivity contribution in [1.29, 1.82) is 0 Å². The van der Waals surface area contributed by atoms with Crippen LogP contribution in [0.15, 0.2) is 11.6 Å². The number of amides is 1. The Morgan fingerprint density at radius 2 is 2.25 bits per heavy atom. The third-order valence-corrected chi connectivity index (χ3v) is 3.05. The van der Waals surface area contributed by atoms with Crippen molar-refractivity contribution >= 4 is 5.91 Å². The van der Waals surface area contributed by atoms with Crippen molar-refractivity contribution in [2.45, 2.75) is 52.0 Å². The number of hydrogen-bond acceptors (Lipinski definition) is 2. The van der Waals surface area contributed by atoms with Gasteiger partial charge in [-0.15, -0.1) is 0 Å². The molecule has 1 rings (SSSR count). The first kappa shape index (κ1) is 13.2. The highest BCUT2D eigenvalue weighted by Gasteiger charge is 2.18. The van der Waals surface area contributed by atoms with Crippen LogP contribution < -0.4 is 0 Å². The highest BCUT2D eigenvalue weighted by Crippen LogP contribution is 2.21. The predicted molar refractivity (Wildman–Crippen MR) is 65.1 cm³/mol. The van der Waals surface area contributed by atoms with Crippen LogP contribution in [0.25, 0.3) is 0 Å². The molecule has 1 aliphatic rings. The summed E-state index contributed by atoms with van der Waals surface area (Å²) in [6, 6.07) is 0.170. The summed E-state index contributed by atoms with van der Waals surface area (Å²) >= 11 is 0. The van der Waals surface area contributed by atoms with Crippen LogP contribution in [0.3, 0.4) is 0 Å². The largest absolute Gasteiger partial charge is 0.395 e. The van der Waals surface area contributed by atoms with Crippen LogP contribution in [0.2, 0.25) is 0 Å². The van der Waals surface area contributed by atoms with Gasteiger partial charge in [-0.2, -0.15) is 0 Å². The van der Waals surface area contributed by atoms with Gasteiger partial charge < -0.3 is 10.0 Å². The molecule has 0 atom stereocenters. The lowest BCUT2D eigenvalue weighted by Gasteiger charge is -2.27. The molecule has 0 aromatic heterocycles. The van der Waals surface area contributed by atoms with E-state index in [9.17, 15) is 4.79 Å². The van der Waals surface area contributed by atoms with Gasteiger partial charge in [0.1, 0.15) is 0 Å². The SMILES string of the molecule is CC(C)N(CCO)C(=O)CC1=CCCCC1. The van der Waals surface area contributed by atoms with E-state index in [1.54, 1.807) is 4.90 Å². The molecule has 1 aliphatic carbocycles. The van der Waals surface area contributed by atoms with Crippen LogP contribution in [-0.4, -0.2) is 35.1 Å². The lowest BCUT2D eigenvalue weighted by atomic mass is 9.96. The quantitative estimate of drug-likeness (QED) is 0.728. The Balaban J connectivity index is 2.50. The zero-order valence-corrected chi connectivity index (χ0v) is 10.4. The molecule has 0 fully saturated rings. The fraction of sp³-hybridized carbons (Fsp3) is 0.769. The Morgan fingerprint density at radius 3 is 2.75 bits per heavy atom. The number of carbonyl (C=O) groups excluding carboxylic acids is 1. The molecule has 16 heavy (non-hydrogen) atoms. The zero-order chi connectivity index (χ0) is 12.0. The molecule has 0 saturated carbocycles. The van der Waals surface area contributed by atoms with E-state index in [-0.39, 0.29) is 18.6 Å². The van der Waals surface area contributed by atoms with Crippen molar-refractivity contribution in [3.05, 3.63) is 11.6 Å². The number of carbonyl (C=O) groups is 1. The normalized spacial score (nSPS) is 16.1. The molecule has 0 bridgehead atoms. The molecule has 92 valence electrons. The van der Waals surface area contributed by atoms with Gasteiger partial charge in [0.15, 0.2) is 0 Å². The minimum atomic E-state index is 0.0446. The molecule has 0 aliphatic heterocycles. The van der Waals surface area contributed by atoms with Crippen LogP contribution >= 0.6 is 0 Å². The standard InChI is InChI=1S/C13H23NO2/c1-11(2)14(8-9-15)13(16)10-12-6-4-3-5-7-12/h6,11,15H,3-5,7-10H2,1-2H3. The van der Waals surface area contributed by atoms with Gasteiger partial charge in [0, 0.05) is 19.0 Å². The molecule has 0 heterocycles. The second-order valence-corrected chi connectivity index (χ2v) is 4.69. The van der Waals surface area contributed by atoms with E-state index in [2.05, 4.69) is 6.08 Å². The minimum Gasteiger partial charge on any atom is -0.395 e. The minimum absolute atomic E-state index is 0.0446. The highest BCUT2D eigenvalue weighted by molar-refractivity contribution is 5.79. The van der Waals surface area contributed by atoms with E-state index in [0.29, 0.717) is 13.0 Å². The monoisotopic (exact) mass is 225 g/mol. The number of aliphatic hydroxyl groups excluding tert-OH is 1. The van der Waals surface area contributed by atoms with E-state index in [1.165, 1.54) is 18.4 Å². The zero-order valence-electron chi connectivity index (χ0n) is 10.4. The van der Waals surface area contributed by atoms with Gasteiger partial charge in [-0.1, -0.05) is 11.6 Å². The van der Waals surface area contributed by atoms with Gasteiger partial charge in [0.05, 0.1) is 6.61 Å². The number of aliphatic hydroxyl groups is 1. The average Bonchev–Trinajstić information content (AvgIpc) is 2.26. The second-order valence-electron chi connectivity index (χ2n) is 4.69. The number of rotatable bonds is 5. The smallest absolute Gasteiger partial charge is 0.226 e. The molecule has 0 saturated heterocycles. The highest BCUT2D eigenvalue weighted by atomic mass is 16.3. The fourth-order valence-corrected chi connectivity index (χ4v) is 2.14. The van der Waals surface area contributed by atoms with E-state index in [1.807, 2.05) is 13.8 Å². The fourth-order valence-electron chi connectivity index (χ4n) is 2.14. The van der Waals surface area contributed by atoms with E-state index >= 15 is 0 Å². The number of nitrogens with zero attached hydrogens (tertiary/aromatic N) is 1. The van der Waals surface area contributed by atoms with Crippen molar-refractivity contribution in [1.82, 2.24) is 4.90 Å². The summed E-state index contributed by atoms with van der Waals surface area (Å²) in [5.41, 5.74) is 1.28. The molecule has 0 unspecified atom stereocenters. The predicted octanol–water partition coefficient (Wildman–Crippen LogP) is 2.11. The molecular formula is C13H23NO2. The summed E-state index contributed by atoms with van der Waals surface area (Å²) in [7, 11) is 0. The Kier molecular flexibility index (Phi) is 5.53. The Morgan fingerprint density at radius 1 is 1.50 bits per heavy atom. The summed E-state index contributed by atoms with van der Waals surface area (Å²) in [6.45, 7) is 4.47. The summed E-state index contributed by atoms with van der Waals surface area (Å²) in [5, 5.41) is 8.93. The first-order valence-corrected chi connectivity index (χ1v) is 6.23. The van der Waals surface area contributed by atoms with Crippen molar-refractivity contribution in [2.24, 2.45) is 0 Å². The van der Waals surface area contributed by atoms with Crippen molar-refractivity contribution in [3.8, 4) is 0 Å². The Hall–Kier alpha value is -0.830. The van der Waals surface area contributed by atoms with Crippen molar-refractivity contribution in [3.63, 3.8) is 0 Å².